The number of carbonyl (C=O) groups excluding carboxylic acids is 1. The van der Waals surface area contributed by atoms with Crippen LogP contribution in [0.5, 0.6) is 0 Å². The van der Waals surface area contributed by atoms with Gasteiger partial charge in [0, 0.05) is 11.1 Å². The fraction of sp³-hybridized carbons (Fsp3) is 0.571. The highest BCUT2D eigenvalue weighted by molar-refractivity contribution is 5.90. The molecule has 1 N–H and O–H groups in total. The minimum atomic E-state index is -0.995. The van der Waals surface area contributed by atoms with Gasteiger partial charge < -0.3 is 14.6 Å². The summed E-state index contributed by atoms with van der Waals surface area (Å²) in [5, 5.41) is 8.76. The molecule has 1 saturated heterocycles. The van der Waals surface area contributed by atoms with Crippen molar-refractivity contribution >= 4 is 11.9 Å². The molecule has 106 valence electrons. The third-order valence-corrected chi connectivity index (χ3v) is 2.74. The molecular formula is C14H20O5. The molecule has 0 aliphatic carbocycles. The summed E-state index contributed by atoms with van der Waals surface area (Å²) in [6, 6.07) is 0. The smallest absolute Gasteiger partial charge is 0.334 e. The van der Waals surface area contributed by atoms with E-state index in [2.05, 4.69) is 0 Å². The number of epoxide rings is 1. The maximum atomic E-state index is 11.8. The number of unbranched alkanes of at least 4 members (excludes halogenated alkanes) is 1. The minimum absolute atomic E-state index is 0.0349. The van der Waals surface area contributed by atoms with Gasteiger partial charge >= 0.3 is 11.9 Å². The Morgan fingerprint density at radius 2 is 2.11 bits per heavy atom. The second kappa shape index (κ2) is 7.74. The van der Waals surface area contributed by atoms with Gasteiger partial charge in [-0.3, -0.25) is 0 Å². The van der Waals surface area contributed by atoms with E-state index in [1.807, 2.05) is 6.92 Å². The summed E-state index contributed by atoms with van der Waals surface area (Å²) >= 11 is 0. The number of carbonyl (C=O) groups is 2. The maximum absolute atomic E-state index is 11.8. The quantitative estimate of drug-likeness (QED) is 0.315. The number of ether oxygens (including phenoxy) is 2. The van der Waals surface area contributed by atoms with Gasteiger partial charge in [0.2, 0.25) is 0 Å². The predicted molar refractivity (Wildman–Crippen MR) is 69.7 cm³/mol. The first kappa shape index (κ1) is 15.4. The summed E-state index contributed by atoms with van der Waals surface area (Å²) in [6.07, 6.45) is 5.41. The fourth-order valence-electron chi connectivity index (χ4n) is 1.34. The third kappa shape index (κ3) is 6.20. The summed E-state index contributed by atoms with van der Waals surface area (Å²) in [5.41, 5.74) is 0.690. The van der Waals surface area contributed by atoms with Gasteiger partial charge in [0.25, 0.3) is 0 Å². The molecule has 0 aromatic rings. The Labute approximate surface area is 112 Å². The zero-order valence-corrected chi connectivity index (χ0v) is 11.3. The van der Waals surface area contributed by atoms with E-state index in [4.69, 9.17) is 14.6 Å². The van der Waals surface area contributed by atoms with Gasteiger partial charge in [0.05, 0.1) is 6.61 Å². The molecule has 1 aliphatic rings. The highest BCUT2D eigenvalue weighted by Crippen LogP contribution is 2.14. The lowest BCUT2D eigenvalue weighted by atomic mass is 10.1. The normalized spacial score (nSPS) is 19.2. The van der Waals surface area contributed by atoms with E-state index in [0.717, 1.165) is 12.8 Å². The van der Waals surface area contributed by atoms with Crippen LogP contribution in [0.3, 0.4) is 0 Å². The Morgan fingerprint density at radius 1 is 1.42 bits per heavy atom. The van der Waals surface area contributed by atoms with E-state index in [9.17, 15) is 9.59 Å². The van der Waals surface area contributed by atoms with Crippen LogP contribution >= 0.6 is 0 Å². The molecule has 1 fully saturated rings. The standard InChI is InChI=1S/C14H20O5/c1-3-4-5-11(7-6-10(2)13(15)16)14(17)19-9-12-8-18-12/h6-7,12H,3-5,8-9H2,1-2H3,(H,15,16). The van der Waals surface area contributed by atoms with Gasteiger partial charge in [0.1, 0.15) is 12.7 Å². The van der Waals surface area contributed by atoms with Crippen molar-refractivity contribution in [2.24, 2.45) is 0 Å². The topological polar surface area (TPSA) is 76.1 Å². The van der Waals surface area contributed by atoms with Crippen molar-refractivity contribution < 1.29 is 24.2 Å². The molecule has 0 radical (unpaired) electrons. The maximum Gasteiger partial charge on any atom is 0.334 e. The van der Waals surface area contributed by atoms with Crippen LogP contribution in [0.2, 0.25) is 0 Å². The molecule has 1 unspecified atom stereocenters. The molecule has 0 spiro atoms. The van der Waals surface area contributed by atoms with E-state index in [1.165, 1.54) is 19.1 Å². The van der Waals surface area contributed by atoms with E-state index in [-0.39, 0.29) is 18.3 Å². The molecule has 5 heteroatoms. The van der Waals surface area contributed by atoms with E-state index in [0.29, 0.717) is 18.6 Å². The molecule has 1 atom stereocenters. The van der Waals surface area contributed by atoms with Gasteiger partial charge in [-0.05, 0) is 19.8 Å². The zero-order valence-electron chi connectivity index (χ0n) is 11.3. The molecule has 0 aromatic heterocycles. The van der Waals surface area contributed by atoms with Crippen LogP contribution < -0.4 is 0 Å². The van der Waals surface area contributed by atoms with Crippen LogP contribution in [0.25, 0.3) is 0 Å². The lowest BCUT2D eigenvalue weighted by molar-refractivity contribution is -0.139. The number of hydrogen-bond acceptors (Lipinski definition) is 4. The van der Waals surface area contributed by atoms with Crippen molar-refractivity contribution in [2.75, 3.05) is 13.2 Å². The number of allylic oxidation sites excluding steroid dienone is 2. The van der Waals surface area contributed by atoms with E-state index >= 15 is 0 Å². The molecular weight excluding hydrogens is 248 g/mol. The first-order valence-corrected chi connectivity index (χ1v) is 6.44. The Hall–Kier alpha value is -1.62. The van der Waals surface area contributed by atoms with Gasteiger partial charge in [-0.25, -0.2) is 9.59 Å². The van der Waals surface area contributed by atoms with Crippen molar-refractivity contribution in [3.05, 3.63) is 23.3 Å². The number of carboxylic acid groups (broad SMARTS) is 1. The largest absolute Gasteiger partial charge is 0.478 e. The van der Waals surface area contributed by atoms with Crippen LogP contribution in [-0.4, -0.2) is 36.4 Å². The summed E-state index contributed by atoms with van der Waals surface area (Å²) in [7, 11) is 0. The lowest BCUT2D eigenvalue weighted by Crippen LogP contribution is -2.12. The lowest BCUT2D eigenvalue weighted by Gasteiger charge is -2.06. The van der Waals surface area contributed by atoms with Gasteiger partial charge in [-0.2, -0.15) is 0 Å². The highest BCUT2D eigenvalue weighted by Gasteiger charge is 2.24. The molecule has 0 saturated carbocycles. The monoisotopic (exact) mass is 268 g/mol. The molecule has 1 rings (SSSR count). The minimum Gasteiger partial charge on any atom is -0.478 e. The van der Waals surface area contributed by atoms with Crippen molar-refractivity contribution in [3.63, 3.8) is 0 Å². The van der Waals surface area contributed by atoms with Crippen molar-refractivity contribution in [1.29, 1.82) is 0 Å². The second-order valence-electron chi connectivity index (χ2n) is 4.50. The van der Waals surface area contributed by atoms with Crippen molar-refractivity contribution in [2.45, 2.75) is 39.2 Å². The Balaban J connectivity index is 2.62. The Bertz CT molecular complexity index is 391. The fourth-order valence-corrected chi connectivity index (χ4v) is 1.34. The summed E-state index contributed by atoms with van der Waals surface area (Å²) < 4.78 is 10.1. The number of hydrogen-bond donors (Lipinski definition) is 1. The average molecular weight is 268 g/mol. The van der Waals surface area contributed by atoms with Crippen molar-refractivity contribution in [3.8, 4) is 0 Å². The SMILES string of the molecule is CCCCC(=CC=C(C)C(=O)O)C(=O)OCC1CO1. The molecule has 1 heterocycles. The van der Waals surface area contributed by atoms with Gasteiger partial charge in [-0.15, -0.1) is 0 Å². The molecule has 1 aliphatic heterocycles. The number of esters is 1. The summed E-state index contributed by atoms with van der Waals surface area (Å²) in [6.45, 7) is 4.42. The highest BCUT2D eigenvalue weighted by atomic mass is 16.6. The average Bonchev–Trinajstić information content (AvgIpc) is 3.19. The van der Waals surface area contributed by atoms with Crippen molar-refractivity contribution in [1.82, 2.24) is 0 Å². The third-order valence-electron chi connectivity index (χ3n) is 2.74. The molecule has 0 amide bonds. The van der Waals surface area contributed by atoms with E-state index < -0.39 is 11.9 Å². The van der Waals surface area contributed by atoms with Crippen LogP contribution in [-0.2, 0) is 19.1 Å². The number of rotatable bonds is 8. The second-order valence-corrected chi connectivity index (χ2v) is 4.50. The van der Waals surface area contributed by atoms with Gasteiger partial charge in [-0.1, -0.05) is 25.5 Å². The van der Waals surface area contributed by atoms with Crippen LogP contribution in [0.4, 0.5) is 0 Å². The van der Waals surface area contributed by atoms with Crippen LogP contribution in [0.1, 0.15) is 33.1 Å². The zero-order chi connectivity index (χ0) is 14.3. The molecule has 19 heavy (non-hydrogen) atoms. The summed E-state index contributed by atoms with van der Waals surface area (Å²) in [5.74, 6) is -1.38. The number of aliphatic carboxylic acids is 1. The molecule has 0 bridgehead atoms. The van der Waals surface area contributed by atoms with E-state index in [1.54, 1.807) is 0 Å². The predicted octanol–water partition coefficient (Wildman–Crippen LogP) is 2.08. The molecule has 0 aromatic carbocycles. The first-order chi connectivity index (χ1) is 9.04. The van der Waals surface area contributed by atoms with Gasteiger partial charge in [0.15, 0.2) is 0 Å². The Kier molecular flexibility index (Phi) is 6.29. The number of carboxylic acids is 1. The Morgan fingerprint density at radius 3 is 2.63 bits per heavy atom. The first-order valence-electron chi connectivity index (χ1n) is 6.44. The van der Waals surface area contributed by atoms with Crippen LogP contribution in [0, 0.1) is 0 Å². The summed E-state index contributed by atoms with van der Waals surface area (Å²) in [4.78, 5) is 22.5. The molecule has 5 nitrogen and oxygen atoms in total. The van der Waals surface area contributed by atoms with Crippen LogP contribution in [0.15, 0.2) is 23.3 Å².